The summed E-state index contributed by atoms with van der Waals surface area (Å²) in [5.74, 6) is 6.28. The van der Waals surface area contributed by atoms with Gasteiger partial charge < -0.3 is 4.90 Å². The van der Waals surface area contributed by atoms with Crippen molar-refractivity contribution in [2.45, 2.75) is 72.4 Å². The van der Waals surface area contributed by atoms with E-state index in [9.17, 15) is 0 Å². The first kappa shape index (κ1) is 21.0. The Bertz CT molecular complexity index is 219. The first-order valence-corrected chi connectivity index (χ1v) is 7.43. The van der Waals surface area contributed by atoms with Crippen LogP contribution in [0.1, 0.15) is 66.2 Å². The van der Waals surface area contributed by atoms with Crippen molar-refractivity contribution in [1.29, 1.82) is 5.41 Å². The second-order valence-electron chi connectivity index (χ2n) is 5.00. The van der Waals surface area contributed by atoms with Crippen molar-refractivity contribution >= 4 is 18.2 Å². The van der Waals surface area contributed by atoms with E-state index in [0.29, 0.717) is 12.4 Å². The van der Waals surface area contributed by atoms with Crippen LogP contribution < -0.4 is 5.84 Å². The number of unbranched alkanes of at least 4 members (excludes halogenated alkanes) is 4. The molecule has 0 saturated carbocycles. The van der Waals surface area contributed by atoms with Crippen LogP contribution in [-0.2, 0) is 0 Å². The molecule has 0 aromatic heterocycles. The lowest BCUT2D eigenvalue weighted by Crippen LogP contribution is -2.40. The molecule has 0 radical (unpaired) electrons. The molecule has 1 rings (SSSR count). The van der Waals surface area contributed by atoms with Crippen LogP contribution in [0.2, 0.25) is 0 Å². The molecule has 0 aromatic carbocycles. The molecule has 1 saturated heterocycles. The van der Waals surface area contributed by atoms with Gasteiger partial charge in [-0.25, -0.2) is 5.01 Å². The molecule has 1 atom stereocenters. The minimum absolute atomic E-state index is 0. The molecular formula is C14H33ClN4. The van der Waals surface area contributed by atoms with Gasteiger partial charge in [0.15, 0.2) is 0 Å². The van der Waals surface area contributed by atoms with Gasteiger partial charge in [-0.2, -0.15) is 0 Å². The molecule has 3 N–H and O–H groups in total. The van der Waals surface area contributed by atoms with Crippen molar-refractivity contribution in [3.8, 4) is 0 Å². The van der Waals surface area contributed by atoms with E-state index >= 15 is 0 Å². The van der Waals surface area contributed by atoms with E-state index < -0.39 is 0 Å². The molecule has 4 nitrogen and oxygen atoms in total. The Hall–Kier alpha value is -0.320. The first-order valence-electron chi connectivity index (χ1n) is 7.43. The molecule has 0 amide bonds. The molecule has 0 bridgehead atoms. The monoisotopic (exact) mass is 292 g/mol. The number of nitrogens with one attached hydrogen (secondary N) is 1. The molecule has 1 heterocycles. The van der Waals surface area contributed by atoms with Crippen molar-refractivity contribution in [1.82, 2.24) is 9.91 Å². The van der Waals surface area contributed by atoms with E-state index in [1.807, 2.05) is 11.8 Å². The summed E-state index contributed by atoms with van der Waals surface area (Å²) < 4.78 is 0. The lowest BCUT2D eigenvalue weighted by atomic mass is 10.2. The molecular weight excluding hydrogens is 260 g/mol. The third-order valence-electron chi connectivity index (χ3n) is 3.28. The van der Waals surface area contributed by atoms with Gasteiger partial charge in [0.25, 0.3) is 0 Å². The predicted molar refractivity (Wildman–Crippen MR) is 86.8 cm³/mol. The number of nitrogens with two attached hydrogens (primary N) is 1. The fourth-order valence-corrected chi connectivity index (χ4v) is 2.04. The number of nitrogens with zero attached hydrogens (tertiary/aromatic N) is 2. The van der Waals surface area contributed by atoms with Crippen LogP contribution in [0.4, 0.5) is 0 Å². The Kier molecular flexibility index (Phi) is 14.0. The maximum atomic E-state index is 7.57. The zero-order chi connectivity index (χ0) is 14.0. The predicted octanol–water partition coefficient (Wildman–Crippen LogP) is 3.61. The first-order chi connectivity index (χ1) is 8.58. The van der Waals surface area contributed by atoms with Gasteiger partial charge in [-0.1, -0.05) is 52.9 Å². The molecule has 1 fully saturated rings. The Balaban J connectivity index is 0. The maximum absolute atomic E-state index is 7.57. The molecule has 1 aliphatic heterocycles. The smallest absolute Gasteiger partial charge is 0.113 e. The van der Waals surface area contributed by atoms with E-state index in [4.69, 9.17) is 11.3 Å². The highest BCUT2D eigenvalue weighted by molar-refractivity contribution is 5.85. The van der Waals surface area contributed by atoms with Gasteiger partial charge in [-0.3, -0.25) is 11.3 Å². The Labute approximate surface area is 125 Å². The van der Waals surface area contributed by atoms with Gasteiger partial charge in [0.1, 0.15) is 5.84 Å². The van der Waals surface area contributed by atoms with Crippen molar-refractivity contribution in [2.24, 2.45) is 5.84 Å². The van der Waals surface area contributed by atoms with E-state index in [0.717, 1.165) is 13.0 Å². The average molecular weight is 293 g/mol. The molecule has 0 aliphatic carbocycles. The van der Waals surface area contributed by atoms with Gasteiger partial charge in [0.2, 0.25) is 0 Å². The summed E-state index contributed by atoms with van der Waals surface area (Å²) in [5.41, 5.74) is 0. The molecule has 1 unspecified atom stereocenters. The number of halogens is 1. The SMILES string of the molecule is CCCCCCC.CCCN1C(=N)CN(N)C1C.Cl. The maximum Gasteiger partial charge on any atom is 0.113 e. The van der Waals surface area contributed by atoms with Crippen molar-refractivity contribution in [3.05, 3.63) is 0 Å². The van der Waals surface area contributed by atoms with Gasteiger partial charge in [-0.05, 0) is 13.3 Å². The van der Waals surface area contributed by atoms with Crippen molar-refractivity contribution in [2.75, 3.05) is 13.1 Å². The molecule has 19 heavy (non-hydrogen) atoms. The summed E-state index contributed by atoms with van der Waals surface area (Å²) in [6.45, 7) is 10.1. The molecule has 0 spiro atoms. The summed E-state index contributed by atoms with van der Waals surface area (Å²) in [4.78, 5) is 2.03. The summed E-state index contributed by atoms with van der Waals surface area (Å²) in [6.07, 6.45) is 8.28. The van der Waals surface area contributed by atoms with E-state index in [1.54, 1.807) is 5.01 Å². The highest BCUT2D eigenvalue weighted by Gasteiger charge is 2.28. The number of hydrogen-bond donors (Lipinski definition) is 2. The summed E-state index contributed by atoms with van der Waals surface area (Å²) in [6, 6.07) is 0. The van der Waals surface area contributed by atoms with Crippen molar-refractivity contribution < 1.29 is 0 Å². The highest BCUT2D eigenvalue weighted by Crippen LogP contribution is 2.11. The van der Waals surface area contributed by atoms with E-state index in [-0.39, 0.29) is 18.6 Å². The summed E-state index contributed by atoms with van der Waals surface area (Å²) >= 11 is 0. The number of rotatable bonds is 6. The highest BCUT2D eigenvalue weighted by atomic mass is 35.5. The van der Waals surface area contributed by atoms with Gasteiger partial charge in [-0.15, -0.1) is 12.4 Å². The zero-order valence-corrected chi connectivity index (χ0v) is 13.9. The standard InChI is InChI=1S/C7H16N4.C7H16.ClH/c1-3-4-10-6(2)11(9)5-7(10)8;1-3-5-7-6-4-2;/h6,8H,3-5,9H2,1-2H3;3-7H2,1-2H3;1H. The largest absolute Gasteiger partial charge is 0.343 e. The van der Waals surface area contributed by atoms with Gasteiger partial charge >= 0.3 is 0 Å². The molecule has 0 aromatic rings. The van der Waals surface area contributed by atoms with Crippen LogP contribution in [0.25, 0.3) is 0 Å². The van der Waals surface area contributed by atoms with Crippen LogP contribution in [0.5, 0.6) is 0 Å². The van der Waals surface area contributed by atoms with Crippen LogP contribution >= 0.6 is 12.4 Å². The summed E-state index contributed by atoms with van der Waals surface area (Å²) in [7, 11) is 0. The van der Waals surface area contributed by atoms with E-state index in [2.05, 4.69) is 20.8 Å². The zero-order valence-electron chi connectivity index (χ0n) is 13.1. The third kappa shape index (κ3) is 8.45. The minimum Gasteiger partial charge on any atom is -0.343 e. The van der Waals surface area contributed by atoms with Crippen LogP contribution in [-0.4, -0.2) is 35.0 Å². The minimum atomic E-state index is 0. The fourth-order valence-electron chi connectivity index (χ4n) is 2.04. The second kappa shape index (κ2) is 12.7. The second-order valence-corrected chi connectivity index (χ2v) is 5.00. The third-order valence-corrected chi connectivity index (χ3v) is 3.28. The normalized spacial score (nSPS) is 18.9. The average Bonchev–Trinajstić information content (AvgIpc) is 2.58. The lowest BCUT2D eigenvalue weighted by molar-refractivity contribution is 0.171. The van der Waals surface area contributed by atoms with Gasteiger partial charge in [0.05, 0.1) is 12.7 Å². The topological polar surface area (TPSA) is 56.4 Å². The Morgan fingerprint density at radius 1 is 1.11 bits per heavy atom. The van der Waals surface area contributed by atoms with Crippen LogP contribution in [0, 0.1) is 5.41 Å². The number of amidine groups is 1. The van der Waals surface area contributed by atoms with E-state index in [1.165, 1.54) is 32.1 Å². The van der Waals surface area contributed by atoms with Crippen LogP contribution in [0.3, 0.4) is 0 Å². The Morgan fingerprint density at radius 3 is 1.95 bits per heavy atom. The fraction of sp³-hybridized carbons (Fsp3) is 0.929. The quantitative estimate of drug-likeness (QED) is 0.581. The number of hydrazine groups is 1. The molecule has 1 aliphatic rings. The summed E-state index contributed by atoms with van der Waals surface area (Å²) in [5, 5.41) is 9.27. The lowest BCUT2D eigenvalue weighted by Gasteiger charge is -2.24. The number of hydrogen-bond acceptors (Lipinski definition) is 3. The van der Waals surface area contributed by atoms with Crippen molar-refractivity contribution in [3.63, 3.8) is 0 Å². The van der Waals surface area contributed by atoms with Crippen LogP contribution in [0.15, 0.2) is 0 Å². The molecule has 116 valence electrons. The Morgan fingerprint density at radius 2 is 1.63 bits per heavy atom. The van der Waals surface area contributed by atoms with Gasteiger partial charge in [0, 0.05) is 6.54 Å². The molecule has 5 heteroatoms.